The molecule has 0 aromatic rings. The molecule has 1 saturated heterocycles. The Morgan fingerprint density at radius 2 is 1.72 bits per heavy atom. The van der Waals surface area contributed by atoms with Crippen LogP contribution in [-0.4, -0.2) is 57.3 Å². The van der Waals surface area contributed by atoms with Gasteiger partial charge in [-0.3, -0.25) is 0 Å². The highest BCUT2D eigenvalue weighted by atomic mass is 16.7. The summed E-state index contributed by atoms with van der Waals surface area (Å²) in [6.07, 6.45) is 2.43. The maximum absolute atomic E-state index is 5.64. The fourth-order valence-electron chi connectivity index (χ4n) is 2.17. The molecule has 108 valence electrons. The molecule has 0 aliphatic carbocycles. The van der Waals surface area contributed by atoms with Gasteiger partial charge in [0.1, 0.15) is 0 Å². The second-order valence-electron chi connectivity index (χ2n) is 4.94. The predicted molar refractivity (Wildman–Crippen MR) is 72.7 cm³/mol. The lowest BCUT2D eigenvalue weighted by Crippen LogP contribution is -2.36. The third-order valence-electron chi connectivity index (χ3n) is 3.39. The van der Waals surface area contributed by atoms with Crippen LogP contribution in [0.25, 0.3) is 0 Å². The summed E-state index contributed by atoms with van der Waals surface area (Å²) in [5.74, 6) is 0.891. The van der Waals surface area contributed by atoms with E-state index in [0.29, 0.717) is 19.8 Å². The van der Waals surface area contributed by atoms with Crippen LogP contribution in [0.1, 0.15) is 33.6 Å². The molecular formula is C14H29NO3. The van der Waals surface area contributed by atoms with Gasteiger partial charge in [0.05, 0.1) is 13.2 Å². The van der Waals surface area contributed by atoms with Crippen LogP contribution in [-0.2, 0) is 14.2 Å². The highest BCUT2D eigenvalue weighted by Crippen LogP contribution is 2.15. The molecule has 0 unspecified atom stereocenters. The standard InChI is InChI=1S/C14H29NO3/c1-4-17-14(18-5-2)12-16-11-10-15-8-6-13(3)7-9-15/h13-14H,4-12H2,1-3H3. The highest BCUT2D eigenvalue weighted by molar-refractivity contribution is 4.68. The van der Waals surface area contributed by atoms with E-state index in [2.05, 4.69) is 11.8 Å². The Labute approximate surface area is 112 Å². The van der Waals surface area contributed by atoms with Crippen molar-refractivity contribution in [1.82, 2.24) is 4.90 Å². The van der Waals surface area contributed by atoms with Crippen molar-refractivity contribution in [3.8, 4) is 0 Å². The average Bonchev–Trinajstić information content (AvgIpc) is 2.37. The maximum Gasteiger partial charge on any atom is 0.180 e. The molecule has 0 aromatic carbocycles. The van der Waals surface area contributed by atoms with E-state index in [0.717, 1.165) is 19.1 Å². The first kappa shape index (κ1) is 15.9. The van der Waals surface area contributed by atoms with Crippen molar-refractivity contribution < 1.29 is 14.2 Å². The van der Waals surface area contributed by atoms with Gasteiger partial charge in [0, 0.05) is 19.8 Å². The van der Waals surface area contributed by atoms with Gasteiger partial charge in [0.25, 0.3) is 0 Å². The van der Waals surface area contributed by atoms with Crippen molar-refractivity contribution in [2.75, 3.05) is 46.1 Å². The van der Waals surface area contributed by atoms with Gasteiger partial charge in [-0.05, 0) is 45.7 Å². The fourth-order valence-corrected chi connectivity index (χ4v) is 2.17. The fraction of sp³-hybridized carbons (Fsp3) is 1.00. The Morgan fingerprint density at radius 3 is 2.28 bits per heavy atom. The molecule has 1 heterocycles. The van der Waals surface area contributed by atoms with E-state index in [9.17, 15) is 0 Å². The van der Waals surface area contributed by atoms with Crippen LogP contribution < -0.4 is 0 Å². The van der Waals surface area contributed by atoms with Gasteiger partial charge in [0.2, 0.25) is 0 Å². The quantitative estimate of drug-likeness (QED) is 0.469. The van der Waals surface area contributed by atoms with E-state index in [-0.39, 0.29) is 6.29 Å². The van der Waals surface area contributed by atoms with E-state index < -0.39 is 0 Å². The van der Waals surface area contributed by atoms with Crippen LogP contribution >= 0.6 is 0 Å². The summed E-state index contributed by atoms with van der Waals surface area (Å²) in [6, 6.07) is 0. The monoisotopic (exact) mass is 259 g/mol. The van der Waals surface area contributed by atoms with E-state index in [1.165, 1.54) is 25.9 Å². The molecule has 1 aliphatic heterocycles. The second-order valence-corrected chi connectivity index (χ2v) is 4.94. The Bertz CT molecular complexity index is 187. The summed E-state index contributed by atoms with van der Waals surface area (Å²) in [7, 11) is 0. The third kappa shape index (κ3) is 6.69. The van der Waals surface area contributed by atoms with Gasteiger partial charge in [-0.25, -0.2) is 0 Å². The van der Waals surface area contributed by atoms with Gasteiger partial charge in [-0.15, -0.1) is 0 Å². The first-order valence-electron chi connectivity index (χ1n) is 7.29. The van der Waals surface area contributed by atoms with Crippen LogP contribution in [0.4, 0.5) is 0 Å². The van der Waals surface area contributed by atoms with Crippen LogP contribution in [0.2, 0.25) is 0 Å². The lowest BCUT2D eigenvalue weighted by atomic mass is 9.99. The molecule has 1 rings (SSSR count). The van der Waals surface area contributed by atoms with Crippen LogP contribution in [0.3, 0.4) is 0 Å². The number of hydrogen-bond acceptors (Lipinski definition) is 4. The van der Waals surface area contributed by atoms with Gasteiger partial charge in [-0.1, -0.05) is 6.92 Å². The zero-order chi connectivity index (χ0) is 13.2. The van der Waals surface area contributed by atoms with Crippen LogP contribution in [0.5, 0.6) is 0 Å². The normalized spacial score (nSPS) is 18.7. The smallest absolute Gasteiger partial charge is 0.180 e. The van der Waals surface area contributed by atoms with Crippen molar-refractivity contribution in [2.45, 2.75) is 39.9 Å². The molecule has 0 amide bonds. The highest BCUT2D eigenvalue weighted by Gasteiger charge is 2.15. The summed E-state index contributed by atoms with van der Waals surface area (Å²) >= 11 is 0. The van der Waals surface area contributed by atoms with E-state index in [1.54, 1.807) is 0 Å². The molecular weight excluding hydrogens is 230 g/mol. The first-order valence-corrected chi connectivity index (χ1v) is 7.29. The minimum Gasteiger partial charge on any atom is -0.375 e. The zero-order valence-corrected chi connectivity index (χ0v) is 12.2. The van der Waals surface area contributed by atoms with Gasteiger partial charge >= 0.3 is 0 Å². The van der Waals surface area contributed by atoms with Gasteiger partial charge in [-0.2, -0.15) is 0 Å². The third-order valence-corrected chi connectivity index (χ3v) is 3.39. The predicted octanol–water partition coefficient (Wildman–Crippen LogP) is 2.13. The average molecular weight is 259 g/mol. The largest absolute Gasteiger partial charge is 0.375 e. The molecule has 18 heavy (non-hydrogen) atoms. The molecule has 0 saturated carbocycles. The summed E-state index contributed by atoms with van der Waals surface area (Å²) < 4.78 is 16.5. The van der Waals surface area contributed by atoms with Crippen molar-refractivity contribution in [3.63, 3.8) is 0 Å². The number of nitrogens with zero attached hydrogens (tertiary/aromatic N) is 1. The Hall–Kier alpha value is -0.160. The van der Waals surface area contributed by atoms with Crippen LogP contribution in [0, 0.1) is 5.92 Å². The summed E-state index contributed by atoms with van der Waals surface area (Å²) in [6.45, 7) is 12.4. The maximum atomic E-state index is 5.64. The number of piperidine rings is 1. The van der Waals surface area contributed by atoms with Crippen molar-refractivity contribution >= 4 is 0 Å². The van der Waals surface area contributed by atoms with Gasteiger partial charge < -0.3 is 19.1 Å². The van der Waals surface area contributed by atoms with Gasteiger partial charge in [0.15, 0.2) is 6.29 Å². The SMILES string of the molecule is CCOC(COCCN1CCC(C)CC1)OCC. The molecule has 1 fully saturated rings. The molecule has 0 aromatic heterocycles. The summed E-state index contributed by atoms with van der Waals surface area (Å²) in [5, 5.41) is 0. The molecule has 4 nitrogen and oxygen atoms in total. The van der Waals surface area contributed by atoms with E-state index in [4.69, 9.17) is 14.2 Å². The Balaban J connectivity index is 2.02. The minimum atomic E-state index is -0.207. The molecule has 0 spiro atoms. The molecule has 0 radical (unpaired) electrons. The molecule has 0 N–H and O–H groups in total. The van der Waals surface area contributed by atoms with Crippen molar-refractivity contribution in [3.05, 3.63) is 0 Å². The van der Waals surface area contributed by atoms with E-state index in [1.807, 2.05) is 13.8 Å². The molecule has 1 aliphatic rings. The summed E-state index contributed by atoms with van der Waals surface area (Å²) in [5.41, 5.74) is 0. The van der Waals surface area contributed by atoms with Crippen LogP contribution in [0.15, 0.2) is 0 Å². The minimum absolute atomic E-state index is 0.207. The number of likely N-dealkylation sites (tertiary alicyclic amines) is 1. The first-order chi connectivity index (χ1) is 8.76. The Kier molecular flexibility index (Phi) is 8.59. The number of hydrogen-bond donors (Lipinski definition) is 0. The topological polar surface area (TPSA) is 30.9 Å². The second kappa shape index (κ2) is 9.73. The van der Waals surface area contributed by atoms with E-state index >= 15 is 0 Å². The van der Waals surface area contributed by atoms with Crippen molar-refractivity contribution in [2.24, 2.45) is 5.92 Å². The number of ether oxygens (including phenoxy) is 3. The summed E-state index contributed by atoms with van der Waals surface area (Å²) in [4.78, 5) is 2.48. The lowest BCUT2D eigenvalue weighted by molar-refractivity contribution is -0.167. The zero-order valence-electron chi connectivity index (χ0n) is 12.2. The Morgan fingerprint density at radius 1 is 1.11 bits per heavy atom. The molecule has 0 bridgehead atoms. The lowest BCUT2D eigenvalue weighted by Gasteiger charge is -2.30. The molecule has 0 atom stereocenters. The van der Waals surface area contributed by atoms with Crippen molar-refractivity contribution in [1.29, 1.82) is 0 Å². The molecule has 4 heteroatoms. The number of rotatable bonds is 9.